The highest BCUT2D eigenvalue weighted by Gasteiger charge is 2.19. The molecule has 1 aliphatic rings. The minimum absolute atomic E-state index is 0.821. The number of rotatable bonds is 4. The van der Waals surface area contributed by atoms with Crippen LogP contribution >= 0.6 is 0 Å². The Hall–Kier alpha value is -2.73. The fraction of sp³-hybridized carbons (Fsp3) is 0.278. The molecule has 0 radical (unpaired) electrons. The van der Waals surface area contributed by atoms with Gasteiger partial charge in [-0.1, -0.05) is 30.3 Å². The Kier molecular flexibility index (Phi) is 4.20. The van der Waals surface area contributed by atoms with Crippen LogP contribution in [0.3, 0.4) is 0 Å². The van der Waals surface area contributed by atoms with E-state index < -0.39 is 0 Å². The van der Waals surface area contributed by atoms with E-state index in [1.165, 1.54) is 5.56 Å². The number of imidazole rings is 1. The van der Waals surface area contributed by atoms with E-state index >= 15 is 0 Å². The Bertz CT molecular complexity index is 762. The van der Waals surface area contributed by atoms with E-state index in [0.717, 1.165) is 50.2 Å². The Morgan fingerprint density at radius 3 is 2.38 bits per heavy atom. The highest BCUT2D eigenvalue weighted by molar-refractivity contribution is 5.57. The first-order chi connectivity index (χ1) is 11.9. The molecule has 1 aliphatic heterocycles. The van der Waals surface area contributed by atoms with Gasteiger partial charge >= 0.3 is 0 Å². The van der Waals surface area contributed by atoms with Crippen molar-refractivity contribution >= 4 is 5.95 Å². The van der Waals surface area contributed by atoms with E-state index in [0.29, 0.717) is 0 Å². The Balaban J connectivity index is 1.35. The quantitative estimate of drug-likeness (QED) is 0.798. The lowest BCUT2D eigenvalue weighted by molar-refractivity contribution is 0.243. The van der Waals surface area contributed by atoms with E-state index in [-0.39, 0.29) is 0 Å². The fourth-order valence-corrected chi connectivity index (χ4v) is 2.98. The van der Waals surface area contributed by atoms with Gasteiger partial charge in [0, 0.05) is 38.6 Å². The van der Waals surface area contributed by atoms with Gasteiger partial charge < -0.3 is 9.88 Å². The number of benzene rings is 1. The second-order valence-electron chi connectivity index (χ2n) is 5.92. The normalized spacial score (nSPS) is 15.6. The van der Waals surface area contributed by atoms with Gasteiger partial charge in [-0.2, -0.15) is 0 Å². The van der Waals surface area contributed by atoms with Crippen LogP contribution in [0.15, 0.2) is 55.0 Å². The zero-order chi connectivity index (χ0) is 16.2. The molecule has 0 bridgehead atoms. The molecule has 3 heterocycles. The summed E-state index contributed by atoms with van der Waals surface area (Å²) < 4.78 is 0. The first kappa shape index (κ1) is 14.8. The van der Waals surface area contributed by atoms with Crippen molar-refractivity contribution in [3.63, 3.8) is 0 Å². The van der Waals surface area contributed by atoms with Crippen LogP contribution in [0.1, 0.15) is 5.82 Å². The van der Waals surface area contributed by atoms with Gasteiger partial charge in [-0.25, -0.2) is 15.0 Å². The molecule has 0 atom stereocenters. The number of aromatic amines is 1. The van der Waals surface area contributed by atoms with Crippen molar-refractivity contribution in [3.05, 3.63) is 60.8 Å². The summed E-state index contributed by atoms with van der Waals surface area (Å²) >= 11 is 0. The van der Waals surface area contributed by atoms with Crippen LogP contribution in [0, 0.1) is 0 Å². The first-order valence-corrected chi connectivity index (χ1v) is 8.22. The molecule has 1 aromatic carbocycles. The number of nitrogens with one attached hydrogen (secondary N) is 1. The number of anilines is 1. The lowest BCUT2D eigenvalue weighted by Gasteiger charge is -2.34. The van der Waals surface area contributed by atoms with Gasteiger partial charge in [0.05, 0.1) is 18.4 Å². The average molecular weight is 320 g/mol. The summed E-state index contributed by atoms with van der Waals surface area (Å²) in [5.41, 5.74) is 2.24. The molecular formula is C18H20N6. The summed E-state index contributed by atoms with van der Waals surface area (Å²) in [4.78, 5) is 21.2. The number of piperazine rings is 1. The lowest BCUT2D eigenvalue weighted by Crippen LogP contribution is -2.46. The standard InChI is InChI=1S/C18H20N6/c1-2-5-15(6-3-1)16-13-21-17(22-16)14-23-9-11-24(12-10-23)18-19-7-4-8-20-18/h1-8,13H,9-12,14H2,(H,21,22). The van der Waals surface area contributed by atoms with Crippen LogP contribution in [-0.2, 0) is 6.54 Å². The maximum absolute atomic E-state index is 4.53. The topological polar surface area (TPSA) is 60.9 Å². The molecule has 0 unspecified atom stereocenters. The molecule has 1 N–H and O–H groups in total. The summed E-state index contributed by atoms with van der Waals surface area (Å²) in [6.07, 6.45) is 5.50. The Labute approximate surface area is 141 Å². The van der Waals surface area contributed by atoms with Gasteiger partial charge in [0.15, 0.2) is 0 Å². The summed E-state index contributed by atoms with van der Waals surface area (Å²) in [6.45, 7) is 4.70. The maximum Gasteiger partial charge on any atom is 0.225 e. The molecule has 2 aromatic heterocycles. The summed E-state index contributed by atoms with van der Waals surface area (Å²) in [5.74, 6) is 1.83. The van der Waals surface area contributed by atoms with Crippen LogP contribution in [-0.4, -0.2) is 51.0 Å². The second kappa shape index (κ2) is 6.80. The Morgan fingerprint density at radius 1 is 0.875 bits per heavy atom. The van der Waals surface area contributed by atoms with E-state index in [9.17, 15) is 0 Å². The minimum atomic E-state index is 0.821. The van der Waals surface area contributed by atoms with Crippen molar-refractivity contribution in [2.75, 3.05) is 31.1 Å². The van der Waals surface area contributed by atoms with Crippen LogP contribution in [0.25, 0.3) is 11.3 Å². The molecule has 1 fully saturated rings. The van der Waals surface area contributed by atoms with Crippen molar-refractivity contribution in [2.45, 2.75) is 6.54 Å². The van der Waals surface area contributed by atoms with Crippen LogP contribution in [0.5, 0.6) is 0 Å². The number of aromatic nitrogens is 4. The van der Waals surface area contributed by atoms with Crippen LogP contribution in [0.4, 0.5) is 5.95 Å². The molecule has 0 saturated carbocycles. The predicted octanol–water partition coefficient (Wildman–Crippen LogP) is 2.19. The third kappa shape index (κ3) is 3.28. The van der Waals surface area contributed by atoms with Gasteiger partial charge in [-0.3, -0.25) is 4.90 Å². The Morgan fingerprint density at radius 2 is 1.62 bits per heavy atom. The predicted molar refractivity (Wildman–Crippen MR) is 93.5 cm³/mol. The second-order valence-corrected chi connectivity index (χ2v) is 5.92. The maximum atomic E-state index is 4.53. The molecule has 0 amide bonds. The molecule has 4 rings (SSSR count). The average Bonchev–Trinajstić information content (AvgIpc) is 3.12. The number of H-pyrrole nitrogens is 1. The van der Waals surface area contributed by atoms with Crippen molar-refractivity contribution in [1.29, 1.82) is 0 Å². The van der Waals surface area contributed by atoms with Gasteiger partial charge in [0.1, 0.15) is 5.82 Å². The number of hydrogen-bond acceptors (Lipinski definition) is 5. The third-order valence-corrected chi connectivity index (χ3v) is 4.29. The van der Waals surface area contributed by atoms with Gasteiger partial charge in [-0.05, 0) is 11.6 Å². The summed E-state index contributed by atoms with van der Waals surface area (Å²) in [7, 11) is 0. The molecule has 122 valence electrons. The molecule has 6 heteroatoms. The molecule has 0 spiro atoms. The molecule has 1 saturated heterocycles. The van der Waals surface area contributed by atoms with Crippen molar-refractivity contribution < 1.29 is 0 Å². The van der Waals surface area contributed by atoms with Crippen molar-refractivity contribution in [3.8, 4) is 11.3 Å². The zero-order valence-corrected chi connectivity index (χ0v) is 13.5. The molecule has 0 aliphatic carbocycles. The first-order valence-electron chi connectivity index (χ1n) is 8.22. The monoisotopic (exact) mass is 320 g/mol. The van der Waals surface area contributed by atoms with Gasteiger partial charge in [0.2, 0.25) is 5.95 Å². The SMILES string of the molecule is c1ccc(-c2cnc(CN3CCN(c4ncccn4)CC3)[nH]2)cc1. The number of hydrogen-bond donors (Lipinski definition) is 1. The van der Waals surface area contributed by atoms with Crippen LogP contribution in [0.2, 0.25) is 0 Å². The summed E-state index contributed by atoms with van der Waals surface area (Å²) in [5, 5.41) is 0. The molecule has 24 heavy (non-hydrogen) atoms. The van der Waals surface area contributed by atoms with E-state index in [2.05, 4.69) is 41.9 Å². The highest BCUT2D eigenvalue weighted by Crippen LogP contribution is 2.17. The molecule has 3 aromatic rings. The fourth-order valence-electron chi connectivity index (χ4n) is 2.98. The van der Waals surface area contributed by atoms with Crippen molar-refractivity contribution in [1.82, 2.24) is 24.8 Å². The molecule has 6 nitrogen and oxygen atoms in total. The smallest absolute Gasteiger partial charge is 0.225 e. The van der Waals surface area contributed by atoms with E-state index in [1.807, 2.05) is 30.5 Å². The highest BCUT2D eigenvalue weighted by atomic mass is 15.3. The zero-order valence-electron chi connectivity index (χ0n) is 13.5. The largest absolute Gasteiger partial charge is 0.341 e. The molecular weight excluding hydrogens is 300 g/mol. The number of nitrogens with zero attached hydrogens (tertiary/aromatic N) is 5. The lowest BCUT2D eigenvalue weighted by atomic mass is 10.2. The third-order valence-electron chi connectivity index (χ3n) is 4.29. The van der Waals surface area contributed by atoms with Gasteiger partial charge in [0.25, 0.3) is 0 Å². The van der Waals surface area contributed by atoms with E-state index in [4.69, 9.17) is 0 Å². The van der Waals surface area contributed by atoms with E-state index in [1.54, 1.807) is 12.4 Å². The van der Waals surface area contributed by atoms with Gasteiger partial charge in [-0.15, -0.1) is 0 Å². The van der Waals surface area contributed by atoms with Crippen molar-refractivity contribution in [2.24, 2.45) is 0 Å². The summed E-state index contributed by atoms with van der Waals surface area (Å²) in [6, 6.07) is 12.1. The minimum Gasteiger partial charge on any atom is -0.341 e. The van der Waals surface area contributed by atoms with Crippen LogP contribution < -0.4 is 4.90 Å².